The van der Waals surface area contributed by atoms with Crippen molar-refractivity contribution in [1.29, 1.82) is 0 Å². The van der Waals surface area contributed by atoms with Gasteiger partial charge in [0.1, 0.15) is 13.2 Å². The number of likely N-dealkylation sites (N-methyl/N-ethyl adjacent to an activating group) is 1. The summed E-state index contributed by atoms with van der Waals surface area (Å²) in [6.45, 7) is 4.53. The fourth-order valence-corrected chi connectivity index (χ4v) is 9.82. The van der Waals surface area contributed by atoms with Gasteiger partial charge in [0.25, 0.3) is 7.82 Å². The number of nitrogens with one attached hydrogen (secondary N) is 1. The minimum atomic E-state index is -4.61. The molecule has 0 spiro atoms. The summed E-state index contributed by atoms with van der Waals surface area (Å²) in [6, 6.07) is -0.904. The Labute approximate surface area is 512 Å². The molecule has 0 bridgehead atoms. The van der Waals surface area contributed by atoms with E-state index in [1.807, 2.05) is 27.2 Å². The van der Waals surface area contributed by atoms with E-state index in [4.69, 9.17) is 9.05 Å². The number of unbranched alkanes of at least 4 members (excludes halogenated alkanes) is 25. The Hall–Kier alpha value is -3.62. The van der Waals surface area contributed by atoms with Crippen LogP contribution in [-0.2, 0) is 18.4 Å². The lowest BCUT2D eigenvalue weighted by molar-refractivity contribution is -0.870. The number of amides is 1. The summed E-state index contributed by atoms with van der Waals surface area (Å²) in [4.78, 5) is 25.6. The number of carbonyl (C=O) groups is 1. The number of nitrogens with zero attached hydrogens (tertiary/aromatic N) is 1. The molecule has 3 unspecified atom stereocenters. The van der Waals surface area contributed by atoms with Gasteiger partial charge >= 0.3 is 0 Å². The van der Waals surface area contributed by atoms with Crippen molar-refractivity contribution in [2.24, 2.45) is 0 Å². The minimum Gasteiger partial charge on any atom is -0.756 e. The van der Waals surface area contributed by atoms with Gasteiger partial charge in [-0.3, -0.25) is 9.36 Å². The lowest BCUT2D eigenvalue weighted by atomic mass is 10.0. The van der Waals surface area contributed by atoms with Gasteiger partial charge in [-0.2, -0.15) is 0 Å². The summed E-state index contributed by atoms with van der Waals surface area (Å²) in [5.41, 5.74) is 0. The first-order chi connectivity index (χ1) is 40.5. The fourth-order valence-electron chi connectivity index (χ4n) is 9.10. The molecule has 0 saturated carbocycles. The molecule has 9 heteroatoms. The number of allylic oxidation sites excluding steroid dienone is 23. The van der Waals surface area contributed by atoms with Crippen LogP contribution < -0.4 is 10.2 Å². The first-order valence-electron chi connectivity index (χ1n) is 33.7. The Balaban J connectivity index is 4.17. The summed E-state index contributed by atoms with van der Waals surface area (Å²) in [6.07, 6.45) is 96.6. The van der Waals surface area contributed by atoms with E-state index in [0.29, 0.717) is 17.4 Å². The number of aliphatic hydroxyl groups excluding tert-OH is 1. The van der Waals surface area contributed by atoms with Gasteiger partial charge in [-0.1, -0.05) is 301 Å². The first kappa shape index (κ1) is 79.4. The molecule has 3 atom stereocenters. The highest BCUT2D eigenvalue weighted by molar-refractivity contribution is 7.45. The van der Waals surface area contributed by atoms with Crippen LogP contribution in [0.4, 0.5) is 0 Å². The molecule has 0 aliphatic rings. The zero-order chi connectivity index (χ0) is 60.5. The molecule has 0 aliphatic carbocycles. The summed E-state index contributed by atoms with van der Waals surface area (Å²) in [5, 5.41) is 13.9. The third kappa shape index (κ3) is 65.8. The van der Waals surface area contributed by atoms with Crippen LogP contribution in [0.3, 0.4) is 0 Å². The normalized spacial score (nSPS) is 14.6. The second kappa shape index (κ2) is 62.9. The Morgan fingerprint density at radius 2 is 0.735 bits per heavy atom. The molecule has 1 amide bonds. The van der Waals surface area contributed by atoms with Crippen molar-refractivity contribution in [2.45, 2.75) is 276 Å². The predicted molar refractivity (Wildman–Crippen MR) is 361 cm³/mol. The molecular formula is C74H127N2O6P. The van der Waals surface area contributed by atoms with Gasteiger partial charge in [-0.05, 0) is 103 Å². The molecule has 0 aromatic heterocycles. The van der Waals surface area contributed by atoms with Crippen LogP contribution >= 0.6 is 7.82 Å². The summed E-state index contributed by atoms with van der Waals surface area (Å²) in [7, 11) is 1.24. The number of aliphatic hydroxyl groups is 1. The van der Waals surface area contributed by atoms with Crippen LogP contribution in [0.15, 0.2) is 146 Å². The Morgan fingerprint density at radius 1 is 0.434 bits per heavy atom. The van der Waals surface area contributed by atoms with Crippen molar-refractivity contribution in [2.75, 3.05) is 40.9 Å². The van der Waals surface area contributed by atoms with Gasteiger partial charge in [0, 0.05) is 6.42 Å². The van der Waals surface area contributed by atoms with E-state index in [0.717, 1.165) is 122 Å². The van der Waals surface area contributed by atoms with Crippen LogP contribution in [0.2, 0.25) is 0 Å². The van der Waals surface area contributed by atoms with Crippen molar-refractivity contribution in [3.8, 4) is 0 Å². The highest BCUT2D eigenvalue weighted by Crippen LogP contribution is 2.38. The zero-order valence-electron chi connectivity index (χ0n) is 54.1. The molecule has 0 heterocycles. The Bertz CT molecular complexity index is 1860. The van der Waals surface area contributed by atoms with E-state index < -0.39 is 26.6 Å². The molecule has 474 valence electrons. The highest BCUT2D eigenvalue weighted by Gasteiger charge is 2.23. The van der Waals surface area contributed by atoms with Crippen molar-refractivity contribution in [3.05, 3.63) is 146 Å². The highest BCUT2D eigenvalue weighted by atomic mass is 31.2. The van der Waals surface area contributed by atoms with Gasteiger partial charge in [0.2, 0.25) is 5.91 Å². The average Bonchev–Trinajstić information content (AvgIpc) is 3.49. The van der Waals surface area contributed by atoms with Crippen LogP contribution in [-0.4, -0.2) is 68.5 Å². The van der Waals surface area contributed by atoms with Crippen molar-refractivity contribution >= 4 is 13.7 Å². The molecule has 83 heavy (non-hydrogen) atoms. The van der Waals surface area contributed by atoms with Crippen molar-refractivity contribution in [1.82, 2.24) is 5.32 Å². The molecule has 0 saturated heterocycles. The van der Waals surface area contributed by atoms with Crippen LogP contribution in [0, 0.1) is 0 Å². The fraction of sp³-hybridized carbons (Fsp3) is 0.662. The summed E-state index contributed by atoms with van der Waals surface area (Å²) >= 11 is 0. The number of phosphoric acid groups is 1. The molecule has 0 fully saturated rings. The maximum absolute atomic E-state index is 13.0. The SMILES string of the molecule is CC/C=C\C/C=C\C/C=C\C/C=C\C/C=C\C/C=C\C/C=C\C/C=C\C/C=C\C/C=C\C/C=C\CCCCCCCCCC(=O)NC(COP(=O)([O-])OCC[N+](C)(C)C)C(O)/C=C/CCCCCCCCCCCCCCCCCCCC. The maximum Gasteiger partial charge on any atom is 0.268 e. The summed E-state index contributed by atoms with van der Waals surface area (Å²) in [5.74, 6) is -0.212. The third-order valence-electron chi connectivity index (χ3n) is 14.3. The number of hydrogen-bond donors (Lipinski definition) is 2. The minimum absolute atomic E-state index is 0.00997. The topological polar surface area (TPSA) is 108 Å². The van der Waals surface area contributed by atoms with Crippen molar-refractivity contribution < 1.29 is 32.9 Å². The molecule has 2 N–H and O–H groups in total. The smallest absolute Gasteiger partial charge is 0.268 e. The maximum atomic E-state index is 13.0. The van der Waals surface area contributed by atoms with Crippen LogP contribution in [0.1, 0.15) is 264 Å². The van der Waals surface area contributed by atoms with Gasteiger partial charge < -0.3 is 28.8 Å². The molecule has 8 nitrogen and oxygen atoms in total. The van der Waals surface area contributed by atoms with Crippen molar-refractivity contribution in [3.63, 3.8) is 0 Å². The van der Waals surface area contributed by atoms with E-state index in [1.165, 1.54) is 122 Å². The second-order valence-corrected chi connectivity index (χ2v) is 24.9. The summed E-state index contributed by atoms with van der Waals surface area (Å²) < 4.78 is 23.4. The molecular weight excluding hydrogens is 1040 g/mol. The predicted octanol–water partition coefficient (Wildman–Crippen LogP) is 21.0. The molecule has 0 radical (unpaired) electrons. The molecule has 0 rings (SSSR count). The Morgan fingerprint density at radius 3 is 1.07 bits per heavy atom. The lowest BCUT2D eigenvalue weighted by Crippen LogP contribution is -2.45. The second-order valence-electron chi connectivity index (χ2n) is 23.4. The van der Waals surface area contributed by atoms with E-state index >= 15 is 0 Å². The van der Waals surface area contributed by atoms with Crippen LogP contribution in [0.5, 0.6) is 0 Å². The number of hydrogen-bond acceptors (Lipinski definition) is 6. The largest absolute Gasteiger partial charge is 0.756 e. The van der Waals surface area contributed by atoms with Gasteiger partial charge in [0.05, 0.1) is 39.9 Å². The monoisotopic (exact) mass is 1170 g/mol. The van der Waals surface area contributed by atoms with Gasteiger partial charge in [-0.25, -0.2) is 0 Å². The zero-order valence-corrected chi connectivity index (χ0v) is 55.0. The van der Waals surface area contributed by atoms with Crippen LogP contribution in [0.25, 0.3) is 0 Å². The standard InChI is InChI=1S/C74H127N2O6P/c1-6-8-10-12-14-16-18-20-22-24-26-28-29-30-31-32-33-34-35-36-37-38-39-40-41-42-43-44-45-46-47-48-50-52-54-56-58-60-62-64-66-68-74(78)75-72(71-82-83(79,80)81-70-69-76(3,4)5)73(77)67-65-63-61-59-57-55-53-51-49-27-25-23-21-19-17-15-13-11-9-7-2/h8,10,14,16,20,22,26,28,30-31,33-34,36-37,39-40,42-43,45-46,48,50,65,67,72-73,77H,6-7,9,11-13,15,17-19,21,23-25,27,29,32,35,38,41,44,47,49,51-64,66,68-71H2,1-5H3,(H-,75,78,79,80)/b10-8-,16-14-,22-20-,28-26-,31-30-,34-33-,37-36-,40-39-,43-42-,46-45-,50-48-,67-65+. The van der Waals surface area contributed by atoms with Gasteiger partial charge in [-0.15, -0.1) is 0 Å². The van der Waals surface area contributed by atoms with E-state index in [9.17, 15) is 19.4 Å². The first-order valence-corrected chi connectivity index (χ1v) is 35.2. The number of carbonyl (C=O) groups excluding carboxylic acids is 1. The average molecular weight is 1170 g/mol. The Kier molecular flexibility index (Phi) is 60.2. The van der Waals surface area contributed by atoms with E-state index in [2.05, 4.69) is 153 Å². The molecule has 0 aromatic carbocycles. The van der Waals surface area contributed by atoms with E-state index in [-0.39, 0.29) is 12.5 Å². The number of rotatable bonds is 60. The third-order valence-corrected chi connectivity index (χ3v) is 15.3. The van der Waals surface area contributed by atoms with Gasteiger partial charge in [0.15, 0.2) is 0 Å². The quantitative estimate of drug-likeness (QED) is 0.0272. The number of phosphoric ester groups is 1. The lowest BCUT2D eigenvalue weighted by Gasteiger charge is -2.29. The molecule has 0 aromatic rings. The number of quaternary nitrogens is 1. The molecule has 0 aliphatic heterocycles. The van der Waals surface area contributed by atoms with E-state index in [1.54, 1.807) is 6.08 Å².